The molecular formula is C12H22N2O. The van der Waals surface area contributed by atoms with Crippen molar-refractivity contribution in [2.75, 3.05) is 26.2 Å². The van der Waals surface area contributed by atoms with Gasteiger partial charge in [0.1, 0.15) is 0 Å². The molecule has 0 amide bonds. The van der Waals surface area contributed by atoms with Crippen molar-refractivity contribution in [3.05, 3.63) is 0 Å². The number of piperidine rings is 1. The minimum absolute atomic E-state index is 0.156. The van der Waals surface area contributed by atoms with E-state index in [9.17, 15) is 0 Å². The SMILES string of the molecule is CC1NCCOC12CCN(C1CC1)CC2. The van der Waals surface area contributed by atoms with E-state index in [0.717, 1.165) is 19.2 Å². The Bertz CT molecular complexity index is 232. The van der Waals surface area contributed by atoms with Crippen molar-refractivity contribution < 1.29 is 4.74 Å². The maximum Gasteiger partial charge on any atom is 0.0857 e. The zero-order valence-electron chi connectivity index (χ0n) is 9.67. The number of hydrogen-bond donors (Lipinski definition) is 1. The minimum atomic E-state index is 0.156. The van der Waals surface area contributed by atoms with Crippen LogP contribution in [0.2, 0.25) is 0 Å². The van der Waals surface area contributed by atoms with Gasteiger partial charge in [0.05, 0.1) is 12.2 Å². The Kier molecular flexibility index (Phi) is 2.49. The Balaban J connectivity index is 1.62. The third kappa shape index (κ3) is 1.81. The molecule has 1 unspecified atom stereocenters. The van der Waals surface area contributed by atoms with E-state index in [1.54, 1.807) is 0 Å². The van der Waals surface area contributed by atoms with Gasteiger partial charge in [-0.05, 0) is 32.6 Å². The number of nitrogens with zero attached hydrogens (tertiary/aromatic N) is 1. The van der Waals surface area contributed by atoms with Crippen LogP contribution in [0.5, 0.6) is 0 Å². The summed E-state index contributed by atoms with van der Waals surface area (Å²) in [5.41, 5.74) is 0.156. The standard InChI is InChI=1S/C12H22N2O/c1-10-12(15-9-6-13-10)4-7-14(8-5-12)11-2-3-11/h10-11,13H,2-9H2,1H3. The van der Waals surface area contributed by atoms with Crippen LogP contribution in [-0.2, 0) is 4.74 Å². The lowest BCUT2D eigenvalue weighted by atomic mass is 9.83. The summed E-state index contributed by atoms with van der Waals surface area (Å²) in [6.07, 6.45) is 5.30. The second kappa shape index (κ2) is 3.72. The average molecular weight is 210 g/mol. The quantitative estimate of drug-likeness (QED) is 0.698. The zero-order chi connectivity index (χ0) is 10.3. The largest absolute Gasteiger partial charge is 0.372 e. The molecular weight excluding hydrogens is 188 g/mol. The molecule has 3 nitrogen and oxygen atoms in total. The Morgan fingerprint density at radius 2 is 2.00 bits per heavy atom. The molecule has 3 fully saturated rings. The average Bonchev–Trinajstić information content (AvgIpc) is 3.08. The molecule has 2 saturated heterocycles. The first-order valence-corrected chi connectivity index (χ1v) is 6.42. The molecule has 1 N–H and O–H groups in total. The van der Waals surface area contributed by atoms with E-state index in [1.165, 1.54) is 38.8 Å². The Labute approximate surface area is 92.2 Å². The van der Waals surface area contributed by atoms with E-state index >= 15 is 0 Å². The van der Waals surface area contributed by atoms with Gasteiger partial charge in [-0.15, -0.1) is 0 Å². The van der Waals surface area contributed by atoms with E-state index in [0.29, 0.717) is 6.04 Å². The Morgan fingerprint density at radius 1 is 1.27 bits per heavy atom. The van der Waals surface area contributed by atoms with Crippen LogP contribution in [-0.4, -0.2) is 48.8 Å². The fourth-order valence-electron chi connectivity index (χ4n) is 3.13. The van der Waals surface area contributed by atoms with E-state index in [4.69, 9.17) is 4.74 Å². The second-order valence-electron chi connectivity index (χ2n) is 5.36. The van der Waals surface area contributed by atoms with Gasteiger partial charge in [-0.2, -0.15) is 0 Å². The van der Waals surface area contributed by atoms with Crippen molar-refractivity contribution in [3.63, 3.8) is 0 Å². The van der Waals surface area contributed by atoms with Crippen molar-refractivity contribution in [1.82, 2.24) is 10.2 Å². The van der Waals surface area contributed by atoms with Gasteiger partial charge in [-0.1, -0.05) is 0 Å². The molecule has 3 aliphatic rings. The summed E-state index contributed by atoms with van der Waals surface area (Å²) in [6, 6.07) is 1.46. The molecule has 15 heavy (non-hydrogen) atoms. The van der Waals surface area contributed by atoms with Crippen LogP contribution in [0.25, 0.3) is 0 Å². The van der Waals surface area contributed by atoms with Crippen LogP contribution < -0.4 is 5.32 Å². The predicted molar refractivity (Wildman–Crippen MR) is 60.0 cm³/mol. The highest BCUT2D eigenvalue weighted by Gasteiger charge is 2.44. The minimum Gasteiger partial charge on any atom is -0.372 e. The molecule has 0 aromatic rings. The summed E-state index contributed by atoms with van der Waals surface area (Å²) in [4.78, 5) is 2.66. The number of ether oxygens (including phenoxy) is 1. The van der Waals surface area contributed by atoms with Crippen LogP contribution in [0.3, 0.4) is 0 Å². The number of hydrogen-bond acceptors (Lipinski definition) is 3. The smallest absolute Gasteiger partial charge is 0.0857 e. The number of rotatable bonds is 1. The molecule has 0 aromatic heterocycles. The Morgan fingerprint density at radius 3 is 2.60 bits per heavy atom. The predicted octanol–water partition coefficient (Wildman–Crippen LogP) is 0.992. The van der Waals surface area contributed by atoms with Gasteiger partial charge in [-0.3, -0.25) is 0 Å². The maximum absolute atomic E-state index is 6.08. The van der Waals surface area contributed by atoms with Gasteiger partial charge < -0.3 is 15.0 Å². The highest BCUT2D eigenvalue weighted by atomic mass is 16.5. The first-order chi connectivity index (χ1) is 7.30. The lowest BCUT2D eigenvalue weighted by molar-refractivity contribution is -0.124. The van der Waals surface area contributed by atoms with Crippen molar-refractivity contribution in [1.29, 1.82) is 0 Å². The summed E-state index contributed by atoms with van der Waals surface area (Å²) in [5.74, 6) is 0. The van der Waals surface area contributed by atoms with Gasteiger partial charge in [0, 0.05) is 31.7 Å². The van der Waals surface area contributed by atoms with Gasteiger partial charge in [0.2, 0.25) is 0 Å². The van der Waals surface area contributed by atoms with Crippen LogP contribution in [0.4, 0.5) is 0 Å². The highest BCUT2D eigenvalue weighted by Crippen LogP contribution is 2.36. The van der Waals surface area contributed by atoms with Crippen LogP contribution in [0.15, 0.2) is 0 Å². The van der Waals surface area contributed by atoms with E-state index < -0.39 is 0 Å². The lowest BCUT2D eigenvalue weighted by Gasteiger charge is -2.48. The fourth-order valence-corrected chi connectivity index (χ4v) is 3.13. The normalized spacial score (nSPS) is 37.0. The number of likely N-dealkylation sites (tertiary alicyclic amines) is 1. The van der Waals surface area contributed by atoms with Crippen molar-refractivity contribution >= 4 is 0 Å². The van der Waals surface area contributed by atoms with Crippen LogP contribution in [0, 0.1) is 0 Å². The van der Waals surface area contributed by atoms with Gasteiger partial charge >= 0.3 is 0 Å². The zero-order valence-corrected chi connectivity index (χ0v) is 9.67. The number of nitrogens with one attached hydrogen (secondary N) is 1. The molecule has 2 heterocycles. The van der Waals surface area contributed by atoms with Crippen LogP contribution in [0.1, 0.15) is 32.6 Å². The Hall–Kier alpha value is -0.120. The van der Waals surface area contributed by atoms with Crippen molar-refractivity contribution in [3.8, 4) is 0 Å². The first kappa shape index (κ1) is 10.1. The van der Waals surface area contributed by atoms with Gasteiger partial charge in [0.25, 0.3) is 0 Å². The topological polar surface area (TPSA) is 24.5 Å². The fraction of sp³-hybridized carbons (Fsp3) is 1.00. The van der Waals surface area contributed by atoms with Gasteiger partial charge in [-0.25, -0.2) is 0 Å². The summed E-state index contributed by atoms with van der Waals surface area (Å²) in [7, 11) is 0. The molecule has 1 atom stereocenters. The maximum atomic E-state index is 6.08. The summed E-state index contributed by atoms with van der Waals surface area (Å²) >= 11 is 0. The molecule has 3 rings (SSSR count). The molecule has 86 valence electrons. The first-order valence-electron chi connectivity index (χ1n) is 6.42. The third-order valence-corrected chi connectivity index (χ3v) is 4.44. The molecule has 1 aliphatic carbocycles. The third-order valence-electron chi connectivity index (χ3n) is 4.44. The monoisotopic (exact) mass is 210 g/mol. The van der Waals surface area contributed by atoms with E-state index in [2.05, 4.69) is 17.1 Å². The van der Waals surface area contributed by atoms with Gasteiger partial charge in [0.15, 0.2) is 0 Å². The molecule has 0 radical (unpaired) electrons. The molecule has 0 aromatic carbocycles. The van der Waals surface area contributed by atoms with Crippen molar-refractivity contribution in [2.24, 2.45) is 0 Å². The molecule has 3 heteroatoms. The summed E-state index contributed by atoms with van der Waals surface area (Å²) < 4.78 is 6.08. The molecule has 2 aliphatic heterocycles. The number of morpholine rings is 1. The lowest BCUT2D eigenvalue weighted by Crippen LogP contribution is -2.61. The van der Waals surface area contributed by atoms with Crippen molar-refractivity contribution in [2.45, 2.75) is 50.3 Å². The highest BCUT2D eigenvalue weighted by molar-refractivity contribution is 4.99. The second-order valence-corrected chi connectivity index (χ2v) is 5.36. The molecule has 1 saturated carbocycles. The van der Waals surface area contributed by atoms with Crippen LogP contribution >= 0.6 is 0 Å². The molecule has 0 bridgehead atoms. The summed E-state index contributed by atoms with van der Waals surface area (Å²) in [5, 5.41) is 3.56. The summed E-state index contributed by atoms with van der Waals surface area (Å²) in [6.45, 7) is 6.70. The van der Waals surface area contributed by atoms with E-state index in [-0.39, 0.29) is 5.60 Å². The van der Waals surface area contributed by atoms with E-state index in [1.807, 2.05) is 0 Å². The molecule has 1 spiro atoms.